The van der Waals surface area contributed by atoms with Gasteiger partial charge in [-0.05, 0) is 31.2 Å². The highest BCUT2D eigenvalue weighted by atomic mass is 16.5. The third-order valence-electron chi connectivity index (χ3n) is 3.50. The number of amides is 2. The maximum Gasteiger partial charge on any atom is 0.317 e. The van der Waals surface area contributed by atoms with E-state index in [9.17, 15) is 4.79 Å². The molecule has 7 heteroatoms. The second-order valence-electron chi connectivity index (χ2n) is 4.72. The highest BCUT2D eigenvalue weighted by molar-refractivity contribution is 5.74. The van der Waals surface area contributed by atoms with Crippen molar-refractivity contribution in [2.24, 2.45) is 5.11 Å². The molecule has 18 heavy (non-hydrogen) atoms. The lowest BCUT2D eigenvalue weighted by Crippen LogP contribution is -2.45. The number of nitrogens with one attached hydrogen (secondary N) is 1. The summed E-state index contributed by atoms with van der Waals surface area (Å²) in [5.41, 5.74) is 8.32. The Bertz CT molecular complexity index is 336. The van der Waals surface area contributed by atoms with E-state index in [1.54, 1.807) is 4.90 Å². The van der Waals surface area contributed by atoms with Crippen molar-refractivity contribution in [1.82, 2.24) is 10.2 Å². The van der Waals surface area contributed by atoms with Gasteiger partial charge in [0.1, 0.15) is 0 Å². The molecule has 7 nitrogen and oxygen atoms in total. The summed E-state index contributed by atoms with van der Waals surface area (Å²) in [6.07, 6.45) is 4.13. The second-order valence-corrected chi connectivity index (χ2v) is 4.72. The second kappa shape index (κ2) is 6.47. The zero-order chi connectivity index (χ0) is 12.8. The summed E-state index contributed by atoms with van der Waals surface area (Å²) in [5.74, 6) is 0. The Labute approximate surface area is 106 Å². The fraction of sp³-hybridized carbons (Fsp3) is 0.909. The molecule has 0 radical (unpaired) electrons. The smallest absolute Gasteiger partial charge is 0.317 e. The quantitative estimate of drug-likeness (QED) is 0.469. The predicted molar refractivity (Wildman–Crippen MR) is 66.1 cm³/mol. The van der Waals surface area contributed by atoms with E-state index >= 15 is 0 Å². The van der Waals surface area contributed by atoms with Crippen LogP contribution in [0.2, 0.25) is 0 Å². The third kappa shape index (κ3) is 3.27. The molecule has 1 N–H and O–H groups in total. The number of azide groups is 1. The number of hydrogen-bond acceptors (Lipinski definition) is 3. The number of rotatable bonds is 4. The van der Waals surface area contributed by atoms with Gasteiger partial charge in [0, 0.05) is 37.2 Å². The van der Waals surface area contributed by atoms with Crippen LogP contribution in [0.5, 0.6) is 0 Å². The minimum Gasteiger partial charge on any atom is -0.376 e. The number of nitrogens with zero attached hydrogens (tertiary/aromatic N) is 4. The van der Waals surface area contributed by atoms with Crippen molar-refractivity contribution in [2.45, 2.75) is 37.8 Å². The SMILES string of the molecule is [N-]=[N+]=NCC1CCCN1C(=O)NCC1CCCO1. The van der Waals surface area contributed by atoms with Gasteiger partial charge in [-0.1, -0.05) is 5.11 Å². The van der Waals surface area contributed by atoms with Gasteiger partial charge in [0.2, 0.25) is 0 Å². The Morgan fingerprint density at radius 1 is 1.50 bits per heavy atom. The van der Waals surface area contributed by atoms with Crippen LogP contribution in [0.15, 0.2) is 5.11 Å². The van der Waals surface area contributed by atoms with Crippen LogP contribution in [-0.2, 0) is 4.74 Å². The predicted octanol–water partition coefficient (Wildman–Crippen LogP) is 1.65. The Balaban J connectivity index is 1.77. The molecule has 2 saturated heterocycles. The highest BCUT2D eigenvalue weighted by Crippen LogP contribution is 2.18. The van der Waals surface area contributed by atoms with Crippen LogP contribution in [-0.4, -0.2) is 49.3 Å². The van der Waals surface area contributed by atoms with Crippen LogP contribution in [0.3, 0.4) is 0 Å². The Hall–Kier alpha value is -1.46. The van der Waals surface area contributed by atoms with Gasteiger partial charge in [0.15, 0.2) is 0 Å². The summed E-state index contributed by atoms with van der Waals surface area (Å²) in [5, 5.41) is 6.46. The topological polar surface area (TPSA) is 90.3 Å². The van der Waals surface area contributed by atoms with Crippen LogP contribution in [0, 0.1) is 0 Å². The fourth-order valence-electron chi connectivity index (χ4n) is 2.53. The average molecular weight is 253 g/mol. The molecule has 2 fully saturated rings. The van der Waals surface area contributed by atoms with Crippen molar-refractivity contribution in [3.05, 3.63) is 10.4 Å². The molecule has 0 bridgehead atoms. The van der Waals surface area contributed by atoms with Gasteiger partial charge >= 0.3 is 6.03 Å². The lowest BCUT2D eigenvalue weighted by molar-refractivity contribution is 0.108. The van der Waals surface area contributed by atoms with Gasteiger partial charge in [-0.3, -0.25) is 0 Å². The van der Waals surface area contributed by atoms with E-state index in [0.717, 1.165) is 38.8 Å². The van der Waals surface area contributed by atoms with Gasteiger partial charge in [-0.2, -0.15) is 0 Å². The average Bonchev–Trinajstić information content (AvgIpc) is 3.04. The summed E-state index contributed by atoms with van der Waals surface area (Å²) in [6.45, 7) is 2.47. The molecule has 0 aromatic rings. The third-order valence-corrected chi connectivity index (χ3v) is 3.50. The van der Waals surface area contributed by atoms with Gasteiger partial charge in [-0.25, -0.2) is 4.79 Å². The number of ether oxygens (including phenoxy) is 1. The monoisotopic (exact) mass is 253 g/mol. The van der Waals surface area contributed by atoms with Crippen LogP contribution < -0.4 is 5.32 Å². The number of carbonyl (C=O) groups is 1. The normalized spacial score (nSPS) is 27.0. The summed E-state index contributed by atoms with van der Waals surface area (Å²) in [7, 11) is 0. The maximum absolute atomic E-state index is 12.0. The van der Waals surface area contributed by atoms with Gasteiger partial charge in [0.05, 0.1) is 6.10 Å². The molecule has 0 aromatic heterocycles. The van der Waals surface area contributed by atoms with Crippen molar-refractivity contribution in [1.29, 1.82) is 0 Å². The molecule has 0 saturated carbocycles. The molecule has 2 aliphatic rings. The summed E-state index contributed by atoms with van der Waals surface area (Å²) in [6, 6.07) is -0.0217. The van der Waals surface area contributed by atoms with E-state index in [1.165, 1.54) is 0 Å². The standard InChI is InChI=1S/C11H19N5O2/c12-15-14-7-9-3-1-5-16(9)11(17)13-8-10-4-2-6-18-10/h9-10H,1-8H2,(H,13,17). The van der Waals surface area contributed by atoms with Crippen LogP contribution in [0.4, 0.5) is 4.79 Å². The lowest BCUT2D eigenvalue weighted by atomic mass is 10.2. The molecule has 0 aromatic carbocycles. The largest absolute Gasteiger partial charge is 0.376 e. The van der Waals surface area contributed by atoms with E-state index in [-0.39, 0.29) is 18.2 Å². The molecule has 0 aliphatic carbocycles. The Morgan fingerprint density at radius 3 is 3.11 bits per heavy atom. The Kier molecular flexibility index (Phi) is 4.66. The van der Waals surface area contributed by atoms with Crippen molar-refractivity contribution < 1.29 is 9.53 Å². The lowest BCUT2D eigenvalue weighted by Gasteiger charge is -2.24. The number of carbonyl (C=O) groups excluding carboxylic acids is 1. The molecule has 2 atom stereocenters. The summed E-state index contributed by atoms with van der Waals surface area (Å²) < 4.78 is 5.46. The molecule has 0 spiro atoms. The molecule has 2 rings (SSSR count). The molecule has 100 valence electrons. The fourth-order valence-corrected chi connectivity index (χ4v) is 2.53. The first-order valence-corrected chi connectivity index (χ1v) is 6.48. The van der Waals surface area contributed by atoms with E-state index < -0.39 is 0 Å². The van der Waals surface area contributed by atoms with Crippen molar-refractivity contribution >= 4 is 6.03 Å². The molecule has 2 heterocycles. The molecular weight excluding hydrogens is 234 g/mol. The van der Waals surface area contributed by atoms with Crippen molar-refractivity contribution in [3.63, 3.8) is 0 Å². The van der Waals surface area contributed by atoms with E-state index in [4.69, 9.17) is 10.3 Å². The minimum atomic E-state index is -0.0684. The summed E-state index contributed by atoms with van der Waals surface area (Å²) >= 11 is 0. The van der Waals surface area contributed by atoms with E-state index in [2.05, 4.69) is 15.3 Å². The number of urea groups is 1. The minimum absolute atomic E-state index is 0.0467. The first-order valence-electron chi connectivity index (χ1n) is 6.48. The van der Waals surface area contributed by atoms with Crippen LogP contribution in [0.1, 0.15) is 25.7 Å². The first-order chi connectivity index (χ1) is 8.81. The highest BCUT2D eigenvalue weighted by Gasteiger charge is 2.28. The molecule has 2 amide bonds. The van der Waals surface area contributed by atoms with E-state index in [1.807, 2.05) is 0 Å². The molecule has 2 aliphatic heterocycles. The van der Waals surface area contributed by atoms with Crippen molar-refractivity contribution in [2.75, 3.05) is 26.2 Å². The first kappa shape index (κ1) is 13.0. The van der Waals surface area contributed by atoms with Gasteiger partial charge < -0.3 is 15.0 Å². The van der Waals surface area contributed by atoms with Gasteiger partial charge in [-0.15, -0.1) is 0 Å². The zero-order valence-corrected chi connectivity index (χ0v) is 10.4. The number of likely N-dealkylation sites (tertiary alicyclic amines) is 1. The van der Waals surface area contributed by atoms with E-state index in [0.29, 0.717) is 13.1 Å². The molecular formula is C11H19N5O2. The van der Waals surface area contributed by atoms with Crippen molar-refractivity contribution in [3.8, 4) is 0 Å². The number of hydrogen-bond donors (Lipinski definition) is 1. The summed E-state index contributed by atoms with van der Waals surface area (Å²) in [4.78, 5) is 16.5. The van der Waals surface area contributed by atoms with Crippen LogP contribution in [0.25, 0.3) is 10.4 Å². The van der Waals surface area contributed by atoms with Crippen LogP contribution >= 0.6 is 0 Å². The van der Waals surface area contributed by atoms with Gasteiger partial charge in [0.25, 0.3) is 0 Å². The Morgan fingerprint density at radius 2 is 2.39 bits per heavy atom. The maximum atomic E-state index is 12.0. The molecule has 2 unspecified atom stereocenters. The zero-order valence-electron chi connectivity index (χ0n) is 10.4.